The van der Waals surface area contributed by atoms with E-state index in [0.717, 1.165) is 44.9 Å². The number of rotatable bonds is 6. The minimum atomic E-state index is -4.24. The number of hydrogen-bond donors (Lipinski definition) is 2. The first kappa shape index (κ1) is 33.4. The summed E-state index contributed by atoms with van der Waals surface area (Å²) >= 11 is 3.28. The van der Waals surface area contributed by atoms with Gasteiger partial charge in [0.25, 0.3) is 10.1 Å². The van der Waals surface area contributed by atoms with Gasteiger partial charge in [0.15, 0.2) is 0 Å². The first-order chi connectivity index (χ1) is 21.5. The van der Waals surface area contributed by atoms with E-state index in [-0.39, 0.29) is 29.9 Å². The summed E-state index contributed by atoms with van der Waals surface area (Å²) in [5, 5.41) is 5.55. The molecule has 45 heavy (non-hydrogen) atoms. The van der Waals surface area contributed by atoms with Gasteiger partial charge in [0.05, 0.1) is 18.1 Å². The standard InChI is InChI=1S/C31H40BrN3O9S/c1-42-29(38)31-18-20(31)9-5-3-2-4-6-12-25(33-30(39)43-22-10-7-8-11-22)28(37)35-19-23(17-26(35)27(36)34-31)44-45(40,41)24-15-13-21(32)14-16-24/h5,9,13-16,20,22-23,25-26H,2-4,6-8,10-12,17-19H2,1H3,(H,33,39)(H,34,36)/b9-5-/t20?,23-,25+,26+,31-/m1/s1. The van der Waals surface area contributed by atoms with Gasteiger partial charge in [-0.1, -0.05) is 40.9 Å². The molecule has 0 radical (unpaired) electrons. The van der Waals surface area contributed by atoms with Crippen molar-refractivity contribution in [2.24, 2.45) is 5.92 Å². The third kappa shape index (κ3) is 7.89. The van der Waals surface area contributed by atoms with Crippen LogP contribution in [0.1, 0.15) is 70.6 Å². The quantitative estimate of drug-likeness (QED) is 0.255. The molecule has 1 aromatic carbocycles. The van der Waals surface area contributed by atoms with Gasteiger partial charge in [0, 0.05) is 23.4 Å². The predicted molar refractivity (Wildman–Crippen MR) is 165 cm³/mol. The third-order valence-corrected chi connectivity index (χ3v) is 10.9. The van der Waals surface area contributed by atoms with Crippen molar-refractivity contribution < 1.29 is 41.3 Å². The van der Waals surface area contributed by atoms with Crippen molar-refractivity contribution in [3.8, 4) is 0 Å². The van der Waals surface area contributed by atoms with Crippen LogP contribution in [0.15, 0.2) is 45.8 Å². The molecule has 1 aromatic rings. The van der Waals surface area contributed by atoms with Gasteiger partial charge in [0.2, 0.25) is 11.8 Å². The molecule has 3 fully saturated rings. The second-order valence-electron chi connectivity index (χ2n) is 12.2. The van der Waals surface area contributed by atoms with E-state index in [4.69, 9.17) is 13.7 Å². The highest BCUT2D eigenvalue weighted by Crippen LogP contribution is 2.46. The molecule has 2 saturated carbocycles. The van der Waals surface area contributed by atoms with E-state index in [1.807, 2.05) is 12.2 Å². The molecule has 14 heteroatoms. The molecule has 12 nitrogen and oxygen atoms in total. The minimum absolute atomic E-state index is 0.0719. The van der Waals surface area contributed by atoms with Crippen molar-refractivity contribution in [3.05, 3.63) is 40.9 Å². The Morgan fingerprint density at radius 2 is 1.73 bits per heavy atom. The zero-order valence-corrected chi connectivity index (χ0v) is 27.6. The molecule has 1 saturated heterocycles. The van der Waals surface area contributed by atoms with Crippen LogP contribution in [0.4, 0.5) is 4.79 Å². The van der Waals surface area contributed by atoms with Gasteiger partial charge in [-0.15, -0.1) is 0 Å². The van der Waals surface area contributed by atoms with Gasteiger partial charge in [-0.3, -0.25) is 13.8 Å². The maximum absolute atomic E-state index is 14.1. The minimum Gasteiger partial charge on any atom is -0.467 e. The van der Waals surface area contributed by atoms with Crippen molar-refractivity contribution in [2.45, 2.75) is 105 Å². The number of halogens is 1. The molecule has 5 rings (SSSR count). The number of carbonyl (C=O) groups is 4. The Bertz CT molecular complexity index is 1410. The van der Waals surface area contributed by atoms with Crippen molar-refractivity contribution in [1.82, 2.24) is 15.5 Å². The Labute approximate surface area is 271 Å². The van der Waals surface area contributed by atoms with Crippen LogP contribution in [-0.4, -0.2) is 80.7 Å². The number of carbonyl (C=O) groups excluding carboxylic acids is 4. The molecule has 5 atom stereocenters. The van der Waals surface area contributed by atoms with Gasteiger partial charge in [-0.2, -0.15) is 8.42 Å². The van der Waals surface area contributed by atoms with E-state index in [1.54, 1.807) is 12.1 Å². The van der Waals surface area contributed by atoms with Crippen LogP contribution in [0.5, 0.6) is 0 Å². The molecule has 0 spiro atoms. The van der Waals surface area contributed by atoms with Crippen molar-refractivity contribution in [2.75, 3.05) is 13.7 Å². The number of allylic oxidation sites excluding steroid dienone is 1. The Kier molecular flexibility index (Phi) is 10.5. The number of nitrogens with zero attached hydrogens (tertiary/aromatic N) is 1. The van der Waals surface area contributed by atoms with Crippen molar-refractivity contribution in [3.63, 3.8) is 0 Å². The second kappa shape index (κ2) is 14.2. The summed E-state index contributed by atoms with van der Waals surface area (Å²) < 4.78 is 43.1. The first-order valence-electron chi connectivity index (χ1n) is 15.6. The average Bonchev–Trinajstić information content (AvgIpc) is 3.29. The van der Waals surface area contributed by atoms with E-state index in [1.165, 1.54) is 24.1 Å². The average molecular weight is 711 g/mol. The lowest BCUT2D eigenvalue weighted by Crippen LogP contribution is -2.56. The van der Waals surface area contributed by atoms with E-state index in [2.05, 4.69) is 26.6 Å². The Morgan fingerprint density at radius 1 is 1.02 bits per heavy atom. The maximum atomic E-state index is 14.1. The summed E-state index contributed by atoms with van der Waals surface area (Å²) in [6.07, 6.45) is 8.96. The lowest BCUT2D eigenvalue weighted by molar-refractivity contribution is -0.148. The SMILES string of the molecule is COC(=O)[C@@]12CC1/C=C\CCCCC[C@H](NC(=O)OC1CCCC1)C(=O)N1C[C@H](OS(=O)(=O)c3ccc(Br)cc3)C[C@H]1C(=O)N2. The summed E-state index contributed by atoms with van der Waals surface area (Å²) in [4.78, 5) is 54.9. The third-order valence-electron chi connectivity index (χ3n) is 9.02. The molecular weight excluding hydrogens is 670 g/mol. The number of hydrogen-bond acceptors (Lipinski definition) is 9. The van der Waals surface area contributed by atoms with Gasteiger partial charge in [0.1, 0.15) is 23.7 Å². The molecule has 2 aliphatic carbocycles. The summed E-state index contributed by atoms with van der Waals surface area (Å²) in [6, 6.07) is 3.76. The van der Waals surface area contributed by atoms with E-state index in [9.17, 15) is 27.6 Å². The number of methoxy groups -OCH3 is 1. The summed E-state index contributed by atoms with van der Waals surface area (Å²) in [5.41, 5.74) is -1.28. The molecule has 2 N–H and O–H groups in total. The smallest absolute Gasteiger partial charge is 0.408 e. The van der Waals surface area contributed by atoms with Gasteiger partial charge in [-0.05, 0) is 75.6 Å². The Morgan fingerprint density at radius 3 is 2.44 bits per heavy atom. The number of fused-ring (bicyclic) bond motifs is 2. The maximum Gasteiger partial charge on any atom is 0.408 e. The zero-order chi connectivity index (χ0) is 32.2. The molecular formula is C31H40BrN3O9S. The van der Waals surface area contributed by atoms with E-state index >= 15 is 0 Å². The van der Waals surface area contributed by atoms with Crippen LogP contribution < -0.4 is 10.6 Å². The molecule has 4 aliphatic rings. The predicted octanol–water partition coefficient (Wildman–Crippen LogP) is 3.73. The van der Waals surface area contributed by atoms with Crippen LogP contribution >= 0.6 is 15.9 Å². The summed E-state index contributed by atoms with van der Waals surface area (Å²) in [7, 11) is -2.99. The van der Waals surface area contributed by atoms with Crippen LogP contribution in [-0.2, 0) is 38.2 Å². The van der Waals surface area contributed by atoms with Crippen molar-refractivity contribution >= 4 is 49.9 Å². The molecule has 0 bridgehead atoms. The molecule has 1 unspecified atom stereocenters. The van der Waals surface area contributed by atoms with Crippen LogP contribution in [0.2, 0.25) is 0 Å². The lowest BCUT2D eigenvalue weighted by Gasteiger charge is -2.29. The summed E-state index contributed by atoms with van der Waals surface area (Å²) in [5.74, 6) is -2.03. The lowest BCUT2D eigenvalue weighted by atomic mass is 10.0. The Hall–Kier alpha value is -2.97. The number of alkyl carbamates (subject to hydrolysis) is 1. The molecule has 3 amide bonds. The number of ether oxygens (including phenoxy) is 2. The fraction of sp³-hybridized carbons (Fsp3) is 0.613. The fourth-order valence-corrected chi connectivity index (χ4v) is 7.81. The number of amides is 3. The van der Waals surface area contributed by atoms with Crippen LogP contribution in [0.25, 0.3) is 0 Å². The zero-order valence-electron chi connectivity index (χ0n) is 25.2. The van der Waals surface area contributed by atoms with E-state index in [0.29, 0.717) is 23.7 Å². The molecule has 2 heterocycles. The molecule has 0 aromatic heterocycles. The number of benzene rings is 1. The highest BCUT2D eigenvalue weighted by Gasteiger charge is 2.62. The highest BCUT2D eigenvalue weighted by molar-refractivity contribution is 9.10. The fourth-order valence-electron chi connectivity index (χ4n) is 6.47. The molecule has 246 valence electrons. The first-order valence-corrected chi connectivity index (χ1v) is 17.8. The Balaban J connectivity index is 1.41. The normalized spacial score (nSPS) is 30.2. The van der Waals surface area contributed by atoms with Gasteiger partial charge >= 0.3 is 12.1 Å². The number of nitrogens with one attached hydrogen (secondary N) is 2. The van der Waals surface area contributed by atoms with Gasteiger partial charge in [-0.25, -0.2) is 9.59 Å². The largest absolute Gasteiger partial charge is 0.467 e. The topological polar surface area (TPSA) is 157 Å². The molecule has 2 aliphatic heterocycles. The monoisotopic (exact) mass is 709 g/mol. The van der Waals surface area contributed by atoms with E-state index < -0.39 is 57.7 Å². The van der Waals surface area contributed by atoms with Crippen LogP contribution in [0, 0.1) is 5.92 Å². The van der Waals surface area contributed by atoms with Crippen molar-refractivity contribution in [1.29, 1.82) is 0 Å². The highest BCUT2D eigenvalue weighted by atomic mass is 79.9. The number of esters is 1. The van der Waals surface area contributed by atoms with Gasteiger partial charge < -0.3 is 25.0 Å². The second-order valence-corrected chi connectivity index (χ2v) is 14.7. The summed E-state index contributed by atoms with van der Waals surface area (Å²) in [6.45, 7) is -0.211. The van der Waals surface area contributed by atoms with Crippen LogP contribution in [0.3, 0.4) is 0 Å².